The topological polar surface area (TPSA) is 76.0 Å². The van der Waals surface area contributed by atoms with E-state index < -0.39 is 0 Å². The third-order valence-electron chi connectivity index (χ3n) is 2.90. The molecule has 124 valence electrons. The van der Waals surface area contributed by atoms with Crippen molar-refractivity contribution in [2.24, 2.45) is 15.4 Å². The first-order valence-corrected chi connectivity index (χ1v) is 9.21. The highest BCUT2D eigenvalue weighted by atomic mass is 32.2. The molecule has 0 bridgehead atoms. The Hall–Kier alpha value is -2.44. The normalized spacial score (nSPS) is 10.5. The predicted molar refractivity (Wildman–Crippen MR) is 97.9 cm³/mol. The Balaban J connectivity index is 2.13. The van der Waals surface area contributed by atoms with Crippen LogP contribution in [0.2, 0.25) is 0 Å². The molecule has 1 amide bonds. The lowest BCUT2D eigenvalue weighted by Crippen LogP contribution is -2.23. The second-order valence-electron chi connectivity index (χ2n) is 4.34. The van der Waals surface area contributed by atoms with Gasteiger partial charge in [-0.15, -0.1) is 11.5 Å². The first-order valence-electron chi connectivity index (χ1n) is 6.85. The summed E-state index contributed by atoms with van der Waals surface area (Å²) in [6, 6.07) is 6.71. The molecular formula is C15H16N6OS2. The third-order valence-corrected chi connectivity index (χ3v) is 4.26. The molecule has 1 aromatic carbocycles. The highest BCUT2D eigenvalue weighted by Gasteiger charge is 2.03. The van der Waals surface area contributed by atoms with Gasteiger partial charge in [0.2, 0.25) is 0 Å². The van der Waals surface area contributed by atoms with Gasteiger partial charge in [0, 0.05) is 30.5 Å². The molecular weight excluding hydrogens is 344 g/mol. The molecule has 0 aliphatic rings. The van der Waals surface area contributed by atoms with Crippen LogP contribution in [0, 0.1) is 12.3 Å². The average molecular weight is 360 g/mol. The van der Waals surface area contributed by atoms with Crippen LogP contribution in [-0.4, -0.2) is 32.9 Å². The molecule has 0 spiro atoms. The van der Waals surface area contributed by atoms with Gasteiger partial charge in [0.15, 0.2) is 0 Å². The first-order chi connectivity index (χ1) is 11.7. The summed E-state index contributed by atoms with van der Waals surface area (Å²) in [5.74, 6) is 2.13. The minimum atomic E-state index is -0.222. The number of nitrogens with zero attached hydrogens (tertiary/aromatic N) is 5. The Morgan fingerprint density at radius 2 is 1.83 bits per heavy atom. The molecule has 1 aromatic heterocycles. The maximum absolute atomic E-state index is 11.7. The van der Waals surface area contributed by atoms with Crippen molar-refractivity contribution >= 4 is 35.5 Å². The molecule has 9 heteroatoms. The van der Waals surface area contributed by atoms with Gasteiger partial charge in [-0.3, -0.25) is 12.7 Å². The lowest BCUT2D eigenvalue weighted by Gasteiger charge is -2.01. The van der Waals surface area contributed by atoms with Gasteiger partial charge in [0.05, 0.1) is 12.2 Å². The van der Waals surface area contributed by atoms with E-state index in [-0.39, 0.29) is 12.5 Å². The summed E-state index contributed by atoms with van der Waals surface area (Å²) in [4.78, 5) is 11.7. The molecule has 7 nitrogen and oxygen atoms in total. The van der Waals surface area contributed by atoms with Crippen molar-refractivity contribution in [1.82, 2.24) is 13.3 Å². The summed E-state index contributed by atoms with van der Waals surface area (Å²) in [6.07, 6.45) is 12.8. The fourth-order valence-corrected chi connectivity index (χ4v) is 2.73. The molecule has 2 aromatic rings. The molecule has 0 aliphatic carbocycles. The van der Waals surface area contributed by atoms with Crippen molar-refractivity contribution in [3.63, 3.8) is 0 Å². The highest BCUT2D eigenvalue weighted by Crippen LogP contribution is 2.13. The van der Waals surface area contributed by atoms with Gasteiger partial charge >= 0.3 is 0 Å². The van der Waals surface area contributed by atoms with Gasteiger partial charge in [-0.1, -0.05) is 11.0 Å². The van der Waals surface area contributed by atoms with E-state index >= 15 is 0 Å². The molecule has 0 fully saturated rings. The average Bonchev–Trinajstić information content (AvgIpc) is 3.02. The van der Waals surface area contributed by atoms with Crippen molar-refractivity contribution in [2.45, 2.75) is 0 Å². The molecule has 1 N–H and O–H groups in total. The van der Waals surface area contributed by atoms with Gasteiger partial charge in [-0.2, -0.15) is 0 Å². The van der Waals surface area contributed by atoms with Crippen LogP contribution in [0.25, 0.3) is 0 Å². The Kier molecular flexibility index (Phi) is 6.72. The van der Waals surface area contributed by atoms with Crippen molar-refractivity contribution in [3.05, 3.63) is 47.8 Å². The Morgan fingerprint density at radius 3 is 2.38 bits per heavy atom. The number of carbonyl (C=O) groups excluding carboxylic acids is 1. The van der Waals surface area contributed by atoms with Crippen molar-refractivity contribution in [1.29, 1.82) is 0 Å². The minimum Gasteiger partial charge on any atom is -0.341 e. The van der Waals surface area contributed by atoms with Crippen LogP contribution < -0.4 is 10.9 Å². The van der Waals surface area contributed by atoms with Crippen LogP contribution in [0.5, 0.6) is 0 Å². The number of benzene rings is 1. The number of nitrogens with one attached hydrogen (secondary N) is 1. The fraction of sp³-hybridized carbons (Fsp3) is 0.200. The van der Waals surface area contributed by atoms with E-state index in [2.05, 4.69) is 26.7 Å². The molecule has 0 aliphatic heterocycles. The zero-order chi connectivity index (χ0) is 17.4. The molecule has 0 atom stereocenters. The van der Waals surface area contributed by atoms with Crippen LogP contribution in [0.3, 0.4) is 0 Å². The van der Waals surface area contributed by atoms with Crippen molar-refractivity contribution in [2.75, 3.05) is 19.1 Å². The largest absolute Gasteiger partial charge is 0.341 e. The summed E-state index contributed by atoms with van der Waals surface area (Å²) >= 11 is 3.04. The summed E-state index contributed by atoms with van der Waals surface area (Å²) < 4.78 is 3.77. The number of imidazole rings is 1. The predicted octanol–water partition coefficient (Wildman–Crippen LogP) is 2.50. The van der Waals surface area contributed by atoms with Crippen LogP contribution in [-0.2, 0) is 0 Å². The summed E-state index contributed by atoms with van der Waals surface area (Å²) in [5.41, 5.74) is 1.78. The maximum Gasteiger partial charge on any atom is 0.252 e. The van der Waals surface area contributed by atoms with Gasteiger partial charge in [0.25, 0.3) is 11.5 Å². The van der Waals surface area contributed by atoms with Crippen LogP contribution >= 0.6 is 23.9 Å². The lowest BCUT2D eigenvalue weighted by molar-refractivity contribution is 0.0958. The number of hydrogen-bond donors (Lipinski definition) is 1. The summed E-state index contributed by atoms with van der Waals surface area (Å²) in [6.45, 7) is 0.198. The Morgan fingerprint density at radius 1 is 1.21 bits per heavy atom. The smallest absolute Gasteiger partial charge is 0.252 e. The van der Waals surface area contributed by atoms with E-state index in [0.717, 1.165) is 0 Å². The number of terminal acetylenes is 1. The molecule has 0 unspecified atom stereocenters. The summed E-state index contributed by atoms with van der Waals surface area (Å²) in [5, 5.41) is 14.7. The first kappa shape index (κ1) is 17.9. The van der Waals surface area contributed by atoms with Gasteiger partial charge in [-0.25, -0.2) is 0 Å². The molecule has 0 saturated carbocycles. The van der Waals surface area contributed by atoms with Crippen molar-refractivity contribution in [3.8, 4) is 12.3 Å². The zero-order valence-electron chi connectivity index (χ0n) is 13.2. The number of aromatic nitrogens is 2. The quantitative estimate of drug-likeness (QED) is 0.488. The van der Waals surface area contributed by atoms with Crippen LogP contribution in [0.1, 0.15) is 10.4 Å². The third kappa shape index (κ3) is 4.53. The second-order valence-corrected chi connectivity index (χ2v) is 5.86. The van der Waals surface area contributed by atoms with Gasteiger partial charge < -0.3 is 5.32 Å². The van der Waals surface area contributed by atoms with Crippen LogP contribution in [0.15, 0.2) is 52.1 Å². The van der Waals surface area contributed by atoms with Gasteiger partial charge in [0.1, 0.15) is 0 Å². The fourth-order valence-electron chi connectivity index (χ4n) is 1.75. The molecule has 1 heterocycles. The molecule has 0 saturated heterocycles. The summed E-state index contributed by atoms with van der Waals surface area (Å²) in [7, 11) is 0. The number of carbonyl (C=O) groups is 1. The Labute approximate surface area is 148 Å². The van der Waals surface area contributed by atoms with Gasteiger partial charge in [-0.05, 0) is 53.4 Å². The Bertz CT molecular complexity index is 804. The number of hydrogen-bond acceptors (Lipinski definition) is 5. The number of amides is 1. The molecule has 24 heavy (non-hydrogen) atoms. The standard InChI is InChI=1S/C15H16N6OS2/c1-4-9-16-14(22)12-5-7-13(8-6-12)17-19-18-15-20(23-2)10-11-21(15)24-3/h1,5-8,10-11H,9H2,2-3H3,(H,16,22). The van der Waals surface area contributed by atoms with E-state index in [9.17, 15) is 4.79 Å². The van der Waals surface area contributed by atoms with E-state index in [0.29, 0.717) is 16.9 Å². The monoisotopic (exact) mass is 360 g/mol. The van der Waals surface area contributed by atoms with Crippen molar-refractivity contribution < 1.29 is 4.79 Å². The minimum absolute atomic E-state index is 0.198. The second kappa shape index (κ2) is 9.00. The van der Waals surface area contributed by atoms with E-state index in [1.807, 2.05) is 32.9 Å². The van der Waals surface area contributed by atoms with Crippen LogP contribution in [0.4, 0.5) is 5.69 Å². The molecule has 0 radical (unpaired) electrons. The van der Waals surface area contributed by atoms with E-state index in [1.165, 1.54) is 23.9 Å². The lowest BCUT2D eigenvalue weighted by atomic mass is 10.2. The molecule has 2 rings (SSSR count). The maximum atomic E-state index is 11.7. The zero-order valence-corrected chi connectivity index (χ0v) is 14.8. The van der Waals surface area contributed by atoms with E-state index in [1.54, 1.807) is 24.3 Å². The SMILES string of the molecule is C#CCNC(=O)c1ccc(N=NN=c2n(SC)ccn2SC)cc1. The van der Waals surface area contributed by atoms with E-state index in [4.69, 9.17) is 6.42 Å². The number of rotatable bonds is 6. The highest BCUT2D eigenvalue weighted by molar-refractivity contribution is 7.97.